The molecule has 4 rings (SSSR count). The highest BCUT2D eigenvalue weighted by Gasteiger charge is 2.57. The molecule has 0 radical (unpaired) electrons. The Morgan fingerprint density at radius 3 is 2.50 bits per heavy atom. The first-order valence-corrected chi connectivity index (χ1v) is 8.97. The van der Waals surface area contributed by atoms with E-state index in [1.165, 1.54) is 0 Å². The molecule has 3 saturated heterocycles. The summed E-state index contributed by atoms with van der Waals surface area (Å²) in [5, 5.41) is 0. The zero-order valence-corrected chi connectivity index (χ0v) is 14.3. The molecule has 2 amide bonds. The van der Waals surface area contributed by atoms with Crippen molar-refractivity contribution in [3.05, 3.63) is 35.9 Å². The first-order chi connectivity index (χ1) is 11.6. The highest BCUT2D eigenvalue weighted by atomic mass is 16.2. The summed E-state index contributed by atoms with van der Waals surface area (Å²) >= 11 is 0. The lowest BCUT2D eigenvalue weighted by atomic mass is 9.81. The lowest BCUT2D eigenvalue weighted by Crippen LogP contribution is -2.71. The minimum absolute atomic E-state index is 0.153. The van der Waals surface area contributed by atoms with E-state index >= 15 is 0 Å². The highest BCUT2D eigenvalue weighted by Crippen LogP contribution is 2.39. The Labute approximate surface area is 143 Å². The normalized spacial score (nSPS) is 27.0. The molecule has 0 N–H and O–H groups in total. The highest BCUT2D eigenvalue weighted by molar-refractivity contribution is 6.00. The first-order valence-electron chi connectivity index (χ1n) is 8.97. The van der Waals surface area contributed by atoms with Crippen LogP contribution in [0.2, 0.25) is 0 Å². The summed E-state index contributed by atoms with van der Waals surface area (Å²) in [4.78, 5) is 32.6. The second-order valence-corrected chi connectivity index (χ2v) is 7.40. The van der Waals surface area contributed by atoms with Gasteiger partial charge in [-0.3, -0.25) is 9.59 Å². The van der Waals surface area contributed by atoms with Gasteiger partial charge in [0.25, 0.3) is 0 Å². The predicted octanol–water partition coefficient (Wildman–Crippen LogP) is 1.48. The summed E-state index contributed by atoms with van der Waals surface area (Å²) in [5.41, 5.74) is 0.462. The Morgan fingerprint density at radius 1 is 1.08 bits per heavy atom. The predicted molar refractivity (Wildman–Crippen MR) is 91.2 cm³/mol. The Bertz CT molecular complexity index is 637. The molecule has 1 aromatic rings. The van der Waals surface area contributed by atoms with Gasteiger partial charge >= 0.3 is 0 Å². The zero-order valence-electron chi connectivity index (χ0n) is 14.3. The number of piperazine rings is 1. The van der Waals surface area contributed by atoms with Crippen LogP contribution in [-0.4, -0.2) is 64.8 Å². The van der Waals surface area contributed by atoms with Gasteiger partial charge in [0.1, 0.15) is 11.6 Å². The Balaban J connectivity index is 1.71. The molecule has 1 unspecified atom stereocenters. The number of likely N-dealkylation sites (tertiary alicyclic amines) is 1. The quantitative estimate of drug-likeness (QED) is 0.826. The Morgan fingerprint density at radius 2 is 1.79 bits per heavy atom. The van der Waals surface area contributed by atoms with Gasteiger partial charge in [-0.25, -0.2) is 0 Å². The van der Waals surface area contributed by atoms with Crippen molar-refractivity contribution in [3.63, 3.8) is 0 Å². The smallest absolute Gasteiger partial charge is 0.249 e. The van der Waals surface area contributed by atoms with Crippen molar-refractivity contribution in [3.8, 4) is 0 Å². The maximum atomic E-state index is 13.4. The zero-order chi connectivity index (χ0) is 16.7. The van der Waals surface area contributed by atoms with Crippen molar-refractivity contribution in [2.24, 2.45) is 0 Å². The number of amides is 2. The lowest BCUT2D eigenvalue weighted by Gasteiger charge is -2.53. The molecule has 24 heavy (non-hydrogen) atoms. The third-order valence-electron chi connectivity index (χ3n) is 5.98. The number of carbonyl (C=O) groups excluding carboxylic acids is 2. The summed E-state index contributed by atoms with van der Waals surface area (Å²) in [6, 6.07) is 9.83. The summed E-state index contributed by atoms with van der Waals surface area (Å²) in [6.07, 6.45) is 3.23. The molecule has 3 aliphatic heterocycles. The SMILES string of the molecule is CN1CCC2(CC1)C(=O)N1CCCC1C(=O)N2Cc1ccccc1. The molecule has 5 nitrogen and oxygen atoms in total. The standard InChI is InChI=1S/C19H25N3O2/c1-20-12-9-19(10-13-20)18(24)21-11-5-8-16(21)17(23)22(19)14-15-6-3-2-4-7-15/h2-4,6-7,16H,5,8-14H2,1H3. The molecular weight excluding hydrogens is 302 g/mol. The summed E-state index contributed by atoms with van der Waals surface area (Å²) in [6.45, 7) is 3.01. The molecule has 0 bridgehead atoms. The van der Waals surface area contributed by atoms with E-state index in [-0.39, 0.29) is 17.9 Å². The van der Waals surface area contributed by atoms with Crippen LogP contribution in [0.15, 0.2) is 30.3 Å². The third-order valence-corrected chi connectivity index (χ3v) is 5.98. The molecule has 128 valence electrons. The van der Waals surface area contributed by atoms with E-state index in [1.54, 1.807) is 0 Å². The number of hydrogen-bond acceptors (Lipinski definition) is 3. The average Bonchev–Trinajstić information content (AvgIpc) is 3.10. The van der Waals surface area contributed by atoms with Crippen molar-refractivity contribution in [2.75, 3.05) is 26.7 Å². The van der Waals surface area contributed by atoms with Gasteiger partial charge in [0.2, 0.25) is 11.8 Å². The second kappa shape index (κ2) is 5.88. The van der Waals surface area contributed by atoms with Crippen LogP contribution in [0, 0.1) is 0 Å². The maximum Gasteiger partial charge on any atom is 0.249 e. The summed E-state index contributed by atoms with van der Waals surface area (Å²) in [7, 11) is 2.09. The van der Waals surface area contributed by atoms with Gasteiger partial charge in [0.05, 0.1) is 0 Å². The van der Waals surface area contributed by atoms with Crippen LogP contribution >= 0.6 is 0 Å². The van der Waals surface area contributed by atoms with Gasteiger partial charge in [-0.2, -0.15) is 0 Å². The number of piperidine rings is 1. The van der Waals surface area contributed by atoms with Gasteiger partial charge in [-0.05, 0) is 38.3 Å². The molecule has 3 heterocycles. The van der Waals surface area contributed by atoms with E-state index in [0.29, 0.717) is 6.54 Å². The van der Waals surface area contributed by atoms with E-state index in [1.807, 2.05) is 40.1 Å². The second-order valence-electron chi connectivity index (χ2n) is 7.40. The van der Waals surface area contributed by atoms with E-state index in [9.17, 15) is 9.59 Å². The number of hydrogen-bond donors (Lipinski definition) is 0. The van der Waals surface area contributed by atoms with E-state index in [4.69, 9.17) is 0 Å². The minimum atomic E-state index is -0.639. The van der Waals surface area contributed by atoms with E-state index in [2.05, 4.69) is 11.9 Å². The van der Waals surface area contributed by atoms with Crippen molar-refractivity contribution in [1.82, 2.24) is 14.7 Å². The minimum Gasteiger partial charge on any atom is -0.329 e. The molecule has 0 saturated carbocycles. The van der Waals surface area contributed by atoms with Crippen molar-refractivity contribution in [2.45, 2.75) is 43.8 Å². The van der Waals surface area contributed by atoms with Gasteiger partial charge in [0, 0.05) is 26.2 Å². The lowest BCUT2D eigenvalue weighted by molar-refractivity contribution is -0.173. The molecular formula is C19H25N3O2. The topological polar surface area (TPSA) is 43.9 Å². The molecule has 5 heteroatoms. The molecule has 3 aliphatic rings. The molecule has 3 fully saturated rings. The van der Waals surface area contributed by atoms with Gasteiger partial charge in [-0.1, -0.05) is 30.3 Å². The molecule has 0 aromatic heterocycles. The molecule has 1 spiro atoms. The van der Waals surface area contributed by atoms with Gasteiger partial charge < -0.3 is 14.7 Å². The van der Waals surface area contributed by atoms with E-state index < -0.39 is 5.54 Å². The van der Waals surface area contributed by atoms with Crippen LogP contribution in [0.4, 0.5) is 0 Å². The number of nitrogens with zero attached hydrogens (tertiary/aromatic N) is 3. The monoisotopic (exact) mass is 327 g/mol. The van der Waals surface area contributed by atoms with E-state index in [0.717, 1.165) is 50.9 Å². The van der Waals surface area contributed by atoms with Crippen molar-refractivity contribution >= 4 is 11.8 Å². The number of rotatable bonds is 2. The number of fused-ring (bicyclic) bond motifs is 1. The third kappa shape index (κ3) is 2.34. The molecule has 1 atom stereocenters. The Kier molecular flexibility index (Phi) is 3.83. The van der Waals surface area contributed by atoms with Crippen molar-refractivity contribution < 1.29 is 9.59 Å². The maximum absolute atomic E-state index is 13.4. The fourth-order valence-corrected chi connectivity index (χ4v) is 4.51. The summed E-state index contributed by atoms with van der Waals surface area (Å²) < 4.78 is 0. The number of carbonyl (C=O) groups is 2. The first kappa shape index (κ1) is 15.6. The van der Waals surface area contributed by atoms with Crippen LogP contribution in [0.1, 0.15) is 31.2 Å². The Hall–Kier alpha value is -1.88. The van der Waals surface area contributed by atoms with Crippen LogP contribution in [0.5, 0.6) is 0 Å². The largest absolute Gasteiger partial charge is 0.329 e. The van der Waals surface area contributed by atoms with Crippen molar-refractivity contribution in [1.29, 1.82) is 0 Å². The average molecular weight is 327 g/mol. The fraction of sp³-hybridized carbons (Fsp3) is 0.579. The number of benzene rings is 1. The van der Waals surface area contributed by atoms with Crippen LogP contribution in [0.3, 0.4) is 0 Å². The molecule has 1 aromatic carbocycles. The van der Waals surface area contributed by atoms with Crippen LogP contribution in [-0.2, 0) is 16.1 Å². The molecule has 0 aliphatic carbocycles. The fourth-order valence-electron chi connectivity index (χ4n) is 4.51. The van der Waals surface area contributed by atoms with Crippen LogP contribution < -0.4 is 0 Å². The van der Waals surface area contributed by atoms with Gasteiger partial charge in [0.15, 0.2) is 0 Å². The summed E-state index contributed by atoms with van der Waals surface area (Å²) in [5.74, 6) is 0.342. The van der Waals surface area contributed by atoms with Crippen LogP contribution in [0.25, 0.3) is 0 Å². The van der Waals surface area contributed by atoms with Gasteiger partial charge in [-0.15, -0.1) is 0 Å².